The molecule has 2 amide bonds. The third-order valence-corrected chi connectivity index (χ3v) is 9.57. The molecule has 1 aliphatic heterocycles. The van der Waals surface area contributed by atoms with E-state index in [0.717, 1.165) is 20.6 Å². The maximum absolute atomic E-state index is 12.9. The summed E-state index contributed by atoms with van der Waals surface area (Å²) in [5.41, 5.74) is 0.837. The molecule has 1 aliphatic rings. The fourth-order valence-electron chi connectivity index (χ4n) is 6.22. The monoisotopic (exact) mass is 830 g/mol. The first-order valence-corrected chi connectivity index (χ1v) is 20.6. The number of nitrogens with zero attached hydrogens (tertiary/aromatic N) is 4. The normalized spacial score (nSPS) is 15.6. The minimum absolute atomic E-state index is 0.0196. The Hall–Kier alpha value is -5.36. The zero-order valence-corrected chi connectivity index (χ0v) is 34.3. The van der Waals surface area contributed by atoms with E-state index in [1.807, 2.05) is 60.7 Å². The van der Waals surface area contributed by atoms with Gasteiger partial charge in [0, 0.05) is 51.7 Å². The number of hydrogen-bond acceptors (Lipinski definition) is 12. The molecule has 3 heterocycles. The molecular weight excluding hydrogens is 773 g/mol. The summed E-state index contributed by atoms with van der Waals surface area (Å²) in [6.45, 7) is 9.22. The van der Waals surface area contributed by atoms with Crippen LogP contribution in [-0.4, -0.2) is 136 Å². The molecule has 0 spiro atoms. The van der Waals surface area contributed by atoms with Crippen LogP contribution >= 0.6 is 0 Å². The number of pyridine rings is 2. The minimum Gasteiger partial charge on any atom is -0.406 e. The fourth-order valence-corrected chi connectivity index (χ4v) is 6.22. The van der Waals surface area contributed by atoms with E-state index in [1.54, 1.807) is 12.1 Å². The van der Waals surface area contributed by atoms with E-state index < -0.39 is 22.9 Å². The molecule has 0 radical (unpaired) electrons. The van der Waals surface area contributed by atoms with Crippen LogP contribution in [0.4, 0.5) is 0 Å². The van der Waals surface area contributed by atoms with E-state index in [1.165, 1.54) is 24.5 Å². The number of aromatic nitrogens is 2. The van der Waals surface area contributed by atoms with Gasteiger partial charge >= 0.3 is 0 Å². The Labute approximate surface area is 350 Å². The maximum atomic E-state index is 12.9. The average Bonchev–Trinajstić information content (AvgIpc) is 3.27. The lowest BCUT2D eigenvalue weighted by atomic mass is 10.2. The van der Waals surface area contributed by atoms with Gasteiger partial charge in [-0.05, 0) is 61.3 Å². The molecule has 16 nitrogen and oxygen atoms in total. The molecule has 4 aromatic rings. The zero-order valence-electron chi connectivity index (χ0n) is 34.3. The Balaban J connectivity index is 0.966. The van der Waals surface area contributed by atoms with Crippen molar-refractivity contribution >= 4 is 11.8 Å². The molecule has 2 aromatic heterocycles. The second-order valence-electron chi connectivity index (χ2n) is 14.0. The minimum atomic E-state index is -0.513. The van der Waals surface area contributed by atoms with Crippen LogP contribution in [0.2, 0.25) is 0 Å². The molecular formula is C44H58N6O10. The SMILES string of the molecule is O=C(NCCCN1CCOCCOCCN(CCCNC(=O)c2cccn(OCc3ccccc3)c2=O)CCOCCOCC1)c1cccn(OCc2ccccc2)c1=O. The number of rotatable bonds is 16. The second-order valence-corrected chi connectivity index (χ2v) is 14.0. The van der Waals surface area contributed by atoms with Gasteiger partial charge < -0.3 is 39.3 Å². The summed E-state index contributed by atoms with van der Waals surface area (Å²) in [5, 5.41) is 5.72. The van der Waals surface area contributed by atoms with Crippen LogP contribution in [0.1, 0.15) is 44.7 Å². The van der Waals surface area contributed by atoms with Gasteiger partial charge in [0.25, 0.3) is 22.9 Å². The molecule has 1 saturated heterocycles. The van der Waals surface area contributed by atoms with Crippen LogP contribution in [-0.2, 0) is 32.2 Å². The molecule has 16 heteroatoms. The molecule has 324 valence electrons. The van der Waals surface area contributed by atoms with Gasteiger partial charge in [0.05, 0.1) is 52.9 Å². The van der Waals surface area contributed by atoms with E-state index in [-0.39, 0.29) is 24.3 Å². The highest BCUT2D eigenvalue weighted by Crippen LogP contribution is 2.02. The Kier molecular flexibility index (Phi) is 20.3. The van der Waals surface area contributed by atoms with Gasteiger partial charge in [0.15, 0.2) is 0 Å². The Morgan fingerprint density at radius 2 is 0.867 bits per heavy atom. The number of carbonyl (C=O) groups is 2. The Morgan fingerprint density at radius 3 is 1.23 bits per heavy atom. The first-order chi connectivity index (χ1) is 29.5. The number of carbonyl (C=O) groups excluding carboxylic acids is 2. The van der Waals surface area contributed by atoms with Crippen molar-refractivity contribution in [1.82, 2.24) is 29.9 Å². The number of ether oxygens (including phenoxy) is 4. The molecule has 0 aliphatic carbocycles. The molecule has 1 fully saturated rings. The topological polar surface area (TPSA) is 164 Å². The first kappa shape index (κ1) is 45.7. The first-order valence-electron chi connectivity index (χ1n) is 20.6. The van der Waals surface area contributed by atoms with Crippen LogP contribution in [0.5, 0.6) is 0 Å². The molecule has 2 N–H and O–H groups in total. The highest BCUT2D eigenvalue weighted by Gasteiger charge is 2.15. The van der Waals surface area contributed by atoms with Crippen LogP contribution in [0.15, 0.2) is 107 Å². The third kappa shape index (κ3) is 16.4. The van der Waals surface area contributed by atoms with Crippen LogP contribution in [0.3, 0.4) is 0 Å². The summed E-state index contributed by atoms with van der Waals surface area (Å²) in [4.78, 5) is 67.2. The molecule has 0 bridgehead atoms. The van der Waals surface area contributed by atoms with E-state index in [4.69, 9.17) is 28.6 Å². The van der Waals surface area contributed by atoms with E-state index >= 15 is 0 Å². The summed E-state index contributed by atoms with van der Waals surface area (Å²) in [6.07, 6.45) is 4.34. The van der Waals surface area contributed by atoms with Crippen molar-refractivity contribution in [1.29, 1.82) is 0 Å². The van der Waals surface area contributed by atoms with E-state index in [0.29, 0.717) is 118 Å². The lowest BCUT2D eigenvalue weighted by Gasteiger charge is -2.23. The van der Waals surface area contributed by atoms with E-state index in [9.17, 15) is 19.2 Å². The summed E-state index contributed by atoms with van der Waals surface area (Å²) in [7, 11) is 0. The summed E-state index contributed by atoms with van der Waals surface area (Å²) in [6, 6.07) is 25.2. The second kappa shape index (κ2) is 26.7. The van der Waals surface area contributed by atoms with Gasteiger partial charge in [0.2, 0.25) is 0 Å². The summed E-state index contributed by atoms with van der Waals surface area (Å²) >= 11 is 0. The molecule has 0 unspecified atom stereocenters. The van der Waals surface area contributed by atoms with Crippen molar-refractivity contribution in [2.24, 2.45) is 0 Å². The fraction of sp³-hybridized carbons (Fsp3) is 0.455. The predicted molar refractivity (Wildman–Crippen MR) is 225 cm³/mol. The Bertz CT molecular complexity index is 1800. The van der Waals surface area contributed by atoms with Crippen molar-refractivity contribution in [3.63, 3.8) is 0 Å². The van der Waals surface area contributed by atoms with Crippen LogP contribution < -0.4 is 31.4 Å². The summed E-state index contributed by atoms with van der Waals surface area (Å²) in [5.74, 6) is -0.891. The van der Waals surface area contributed by atoms with Gasteiger partial charge in [-0.2, -0.15) is 9.46 Å². The van der Waals surface area contributed by atoms with Gasteiger partial charge in [-0.15, -0.1) is 0 Å². The third-order valence-electron chi connectivity index (χ3n) is 9.57. The highest BCUT2D eigenvalue weighted by atomic mass is 16.7. The lowest BCUT2D eigenvalue weighted by Crippen LogP contribution is -2.37. The number of amides is 2. The van der Waals surface area contributed by atoms with Gasteiger partial charge in [-0.1, -0.05) is 60.7 Å². The van der Waals surface area contributed by atoms with E-state index in [2.05, 4.69) is 20.4 Å². The molecule has 0 saturated carbocycles. The smallest absolute Gasteiger partial charge is 0.295 e. The molecule has 2 aromatic carbocycles. The largest absolute Gasteiger partial charge is 0.406 e. The van der Waals surface area contributed by atoms with Crippen molar-refractivity contribution in [3.8, 4) is 0 Å². The molecule has 5 rings (SSSR count). The molecule has 0 atom stereocenters. The van der Waals surface area contributed by atoms with Crippen molar-refractivity contribution < 1.29 is 38.2 Å². The van der Waals surface area contributed by atoms with Gasteiger partial charge in [-0.25, -0.2) is 0 Å². The summed E-state index contributed by atoms with van der Waals surface area (Å²) < 4.78 is 25.6. The van der Waals surface area contributed by atoms with Crippen molar-refractivity contribution in [2.75, 3.05) is 105 Å². The predicted octanol–water partition coefficient (Wildman–Crippen LogP) is 1.89. The Morgan fingerprint density at radius 1 is 0.500 bits per heavy atom. The lowest BCUT2D eigenvalue weighted by molar-refractivity contribution is 0.00792. The average molecular weight is 831 g/mol. The van der Waals surface area contributed by atoms with Crippen LogP contribution in [0.25, 0.3) is 0 Å². The number of benzene rings is 2. The zero-order chi connectivity index (χ0) is 42.0. The van der Waals surface area contributed by atoms with Crippen LogP contribution in [0, 0.1) is 0 Å². The van der Waals surface area contributed by atoms with Gasteiger partial charge in [0.1, 0.15) is 24.3 Å². The van der Waals surface area contributed by atoms with Gasteiger partial charge in [-0.3, -0.25) is 29.0 Å². The molecule has 60 heavy (non-hydrogen) atoms. The van der Waals surface area contributed by atoms with Crippen molar-refractivity contribution in [2.45, 2.75) is 26.1 Å². The quantitative estimate of drug-likeness (QED) is 0.158. The number of hydrogen-bond donors (Lipinski definition) is 2. The number of nitrogens with one attached hydrogen (secondary N) is 2. The highest BCUT2D eigenvalue weighted by molar-refractivity contribution is 5.94. The standard InChI is InChI=1S/C44H58N6O10/c51-41(39-15-7-21-49(43(39)53)59-35-37-11-3-1-4-12-37)45-17-9-19-47-23-27-55-31-33-57-29-25-48(26-30-58-34-32-56-28-24-47)20-10-18-46-42(52)40-16-8-22-50(44(40)54)60-36-38-13-5-2-6-14-38/h1-8,11-16,21-22H,9-10,17-20,23-36H2,(H,45,51)(H,46,52). The maximum Gasteiger partial charge on any atom is 0.295 e. The van der Waals surface area contributed by atoms with Crippen molar-refractivity contribution in [3.05, 3.63) is 140 Å².